The van der Waals surface area contributed by atoms with Crippen molar-refractivity contribution in [3.63, 3.8) is 0 Å². The van der Waals surface area contributed by atoms with Crippen LogP contribution >= 0.6 is 0 Å². The van der Waals surface area contributed by atoms with E-state index in [1.165, 1.54) is 6.07 Å². The van der Waals surface area contributed by atoms with Gasteiger partial charge in [0, 0.05) is 5.54 Å². The molecule has 0 spiro atoms. The fraction of sp³-hybridized carbons (Fsp3) is 0.583. The first kappa shape index (κ1) is 13.7. The van der Waals surface area contributed by atoms with E-state index >= 15 is 0 Å². The summed E-state index contributed by atoms with van der Waals surface area (Å²) >= 11 is 0. The van der Waals surface area contributed by atoms with Crippen molar-refractivity contribution in [3.8, 4) is 0 Å². The van der Waals surface area contributed by atoms with Crippen molar-refractivity contribution >= 4 is 5.97 Å². The van der Waals surface area contributed by atoms with Gasteiger partial charge >= 0.3 is 5.97 Å². The molecule has 0 aliphatic carbocycles. The summed E-state index contributed by atoms with van der Waals surface area (Å²) in [5, 5.41) is 21.5. The molecule has 5 nitrogen and oxygen atoms in total. The van der Waals surface area contributed by atoms with Gasteiger partial charge in [0.05, 0.1) is 12.6 Å². The maximum absolute atomic E-state index is 10.8. The number of rotatable bonds is 5. The molecular formula is C12H19NO4. The van der Waals surface area contributed by atoms with Crippen LogP contribution in [0.4, 0.5) is 0 Å². The highest BCUT2D eigenvalue weighted by Crippen LogP contribution is 2.16. The van der Waals surface area contributed by atoms with Crippen LogP contribution in [0.2, 0.25) is 0 Å². The number of hydrogen-bond acceptors (Lipinski definition) is 4. The molecule has 0 saturated heterocycles. The van der Waals surface area contributed by atoms with Crippen molar-refractivity contribution in [2.24, 2.45) is 0 Å². The summed E-state index contributed by atoms with van der Waals surface area (Å²) < 4.78 is 5.33. The second-order valence-electron chi connectivity index (χ2n) is 4.74. The summed E-state index contributed by atoms with van der Waals surface area (Å²) in [5.74, 6) is -0.0509. The van der Waals surface area contributed by atoms with Crippen LogP contribution in [0, 0.1) is 6.92 Å². The van der Waals surface area contributed by atoms with Crippen LogP contribution in [0.25, 0.3) is 0 Å². The maximum atomic E-state index is 10.8. The largest absolute Gasteiger partial charge is 0.478 e. The molecule has 0 fully saturated rings. The summed E-state index contributed by atoms with van der Waals surface area (Å²) in [4.78, 5) is 10.8. The van der Waals surface area contributed by atoms with Gasteiger partial charge in [-0.15, -0.1) is 0 Å². The summed E-state index contributed by atoms with van der Waals surface area (Å²) in [7, 11) is 0. The van der Waals surface area contributed by atoms with Gasteiger partial charge in [-0.1, -0.05) is 0 Å². The highest BCUT2D eigenvalue weighted by atomic mass is 16.4. The Kier molecular flexibility index (Phi) is 3.95. The van der Waals surface area contributed by atoms with Gasteiger partial charge in [0.15, 0.2) is 0 Å². The van der Waals surface area contributed by atoms with Crippen molar-refractivity contribution in [2.45, 2.75) is 45.9 Å². The average molecular weight is 241 g/mol. The fourth-order valence-corrected chi connectivity index (χ4v) is 1.31. The third-order valence-corrected chi connectivity index (χ3v) is 2.96. The van der Waals surface area contributed by atoms with Crippen LogP contribution in [0.3, 0.4) is 0 Å². The second-order valence-corrected chi connectivity index (χ2v) is 4.74. The number of furan rings is 1. The van der Waals surface area contributed by atoms with Crippen LogP contribution in [0.1, 0.15) is 42.6 Å². The smallest absolute Gasteiger partial charge is 0.339 e. The van der Waals surface area contributed by atoms with E-state index in [1.807, 2.05) is 13.8 Å². The zero-order valence-corrected chi connectivity index (χ0v) is 10.6. The molecule has 0 aliphatic rings. The lowest BCUT2D eigenvalue weighted by atomic mass is 9.99. The molecule has 0 aliphatic heterocycles. The van der Waals surface area contributed by atoms with Crippen molar-refractivity contribution < 1.29 is 19.4 Å². The first-order chi connectivity index (χ1) is 7.74. The molecule has 0 amide bonds. The van der Waals surface area contributed by atoms with Gasteiger partial charge in [-0.2, -0.15) is 0 Å². The average Bonchev–Trinajstić information content (AvgIpc) is 2.57. The number of carbonyl (C=O) groups is 1. The molecule has 1 aromatic heterocycles. The number of carboxylic acids is 1. The van der Waals surface area contributed by atoms with Gasteiger partial charge in [0.1, 0.15) is 17.1 Å². The highest BCUT2D eigenvalue weighted by molar-refractivity contribution is 5.88. The van der Waals surface area contributed by atoms with E-state index in [9.17, 15) is 9.90 Å². The van der Waals surface area contributed by atoms with Crippen LogP contribution in [0.15, 0.2) is 10.5 Å². The Hall–Kier alpha value is -1.33. The Morgan fingerprint density at radius 3 is 2.59 bits per heavy atom. The standard InChI is InChI=1S/C12H19NO4/c1-7-10(11(15)16)5-9(17-7)6-13-12(3,4)8(2)14/h5,8,13-14H,6H2,1-4H3,(H,15,16). The van der Waals surface area contributed by atoms with E-state index in [0.29, 0.717) is 18.1 Å². The summed E-state index contributed by atoms with van der Waals surface area (Å²) in [6.07, 6.45) is -0.516. The number of aryl methyl sites for hydroxylation is 1. The lowest BCUT2D eigenvalue weighted by molar-refractivity contribution is 0.0695. The van der Waals surface area contributed by atoms with Crippen molar-refractivity contribution in [3.05, 3.63) is 23.2 Å². The highest BCUT2D eigenvalue weighted by Gasteiger charge is 2.24. The van der Waals surface area contributed by atoms with Gasteiger partial charge in [0.2, 0.25) is 0 Å². The van der Waals surface area contributed by atoms with Gasteiger partial charge in [0.25, 0.3) is 0 Å². The Labute approximate surface area is 100 Å². The molecule has 3 N–H and O–H groups in total. The van der Waals surface area contributed by atoms with Crippen LogP contribution < -0.4 is 5.32 Å². The van der Waals surface area contributed by atoms with E-state index in [1.54, 1.807) is 13.8 Å². The predicted molar refractivity (Wildman–Crippen MR) is 63.0 cm³/mol. The molecule has 0 radical (unpaired) electrons. The molecule has 0 bridgehead atoms. The number of aliphatic hydroxyl groups excluding tert-OH is 1. The van der Waals surface area contributed by atoms with Gasteiger partial charge < -0.3 is 19.9 Å². The molecule has 5 heteroatoms. The first-order valence-electron chi connectivity index (χ1n) is 5.49. The van der Waals surface area contributed by atoms with Crippen molar-refractivity contribution in [2.75, 3.05) is 0 Å². The number of hydrogen-bond donors (Lipinski definition) is 3. The molecule has 0 aromatic carbocycles. The molecule has 0 saturated carbocycles. The molecule has 1 atom stereocenters. The lowest BCUT2D eigenvalue weighted by Gasteiger charge is -2.29. The van der Waals surface area contributed by atoms with Crippen LogP contribution in [-0.4, -0.2) is 27.8 Å². The molecule has 17 heavy (non-hydrogen) atoms. The number of aliphatic hydroxyl groups is 1. The van der Waals surface area contributed by atoms with E-state index in [0.717, 1.165) is 0 Å². The Morgan fingerprint density at radius 1 is 1.59 bits per heavy atom. The second kappa shape index (κ2) is 4.89. The number of carboxylic acid groups (broad SMARTS) is 1. The van der Waals surface area contributed by atoms with Gasteiger partial charge in [-0.05, 0) is 33.8 Å². The zero-order valence-electron chi connectivity index (χ0n) is 10.6. The minimum Gasteiger partial charge on any atom is -0.478 e. The summed E-state index contributed by atoms with van der Waals surface area (Å²) in [6, 6.07) is 1.50. The van der Waals surface area contributed by atoms with E-state index < -0.39 is 17.6 Å². The van der Waals surface area contributed by atoms with Gasteiger partial charge in [-0.3, -0.25) is 0 Å². The Morgan fingerprint density at radius 2 is 2.18 bits per heavy atom. The summed E-state index contributed by atoms with van der Waals surface area (Å²) in [5.41, 5.74) is -0.277. The third kappa shape index (κ3) is 3.31. The number of nitrogens with one attached hydrogen (secondary N) is 1. The molecule has 1 rings (SSSR count). The fourth-order valence-electron chi connectivity index (χ4n) is 1.31. The molecule has 1 unspecified atom stereocenters. The van der Waals surface area contributed by atoms with Crippen LogP contribution in [-0.2, 0) is 6.54 Å². The quantitative estimate of drug-likeness (QED) is 0.728. The molecule has 96 valence electrons. The number of aromatic carboxylic acids is 1. The first-order valence-corrected chi connectivity index (χ1v) is 5.49. The zero-order chi connectivity index (χ0) is 13.2. The monoisotopic (exact) mass is 241 g/mol. The maximum Gasteiger partial charge on any atom is 0.339 e. The van der Waals surface area contributed by atoms with E-state index in [4.69, 9.17) is 9.52 Å². The van der Waals surface area contributed by atoms with E-state index in [2.05, 4.69) is 5.32 Å². The minimum atomic E-state index is -0.993. The van der Waals surface area contributed by atoms with Crippen LogP contribution in [0.5, 0.6) is 0 Å². The third-order valence-electron chi connectivity index (χ3n) is 2.96. The van der Waals surface area contributed by atoms with Gasteiger partial charge in [-0.25, -0.2) is 4.79 Å². The topological polar surface area (TPSA) is 82.7 Å². The lowest BCUT2D eigenvalue weighted by Crippen LogP contribution is -2.47. The molecule has 1 heterocycles. The van der Waals surface area contributed by atoms with Crippen molar-refractivity contribution in [1.29, 1.82) is 0 Å². The van der Waals surface area contributed by atoms with E-state index in [-0.39, 0.29) is 5.56 Å². The molecular weight excluding hydrogens is 222 g/mol. The van der Waals surface area contributed by atoms with Crippen molar-refractivity contribution in [1.82, 2.24) is 5.32 Å². The Balaban J connectivity index is 2.71. The predicted octanol–water partition coefficient (Wildman–Crippen LogP) is 1.54. The SMILES string of the molecule is Cc1oc(CNC(C)(C)C(C)O)cc1C(=O)O. The Bertz CT molecular complexity index is 407. The normalized spacial score (nSPS) is 13.7. The molecule has 1 aromatic rings. The minimum absolute atomic E-state index is 0.177. The summed E-state index contributed by atoms with van der Waals surface area (Å²) in [6.45, 7) is 7.43.